The van der Waals surface area contributed by atoms with Crippen LogP contribution in [0.5, 0.6) is 0 Å². The summed E-state index contributed by atoms with van der Waals surface area (Å²) in [4.78, 5) is 21.5. The smallest absolute Gasteiger partial charge is 0.407 e. The number of nitrogens with two attached hydrogens (primary N) is 1. The molecule has 9 heteroatoms. The van der Waals surface area contributed by atoms with Crippen LogP contribution < -0.4 is 5.73 Å². The van der Waals surface area contributed by atoms with Crippen LogP contribution in [0.4, 0.5) is 10.6 Å². The molecule has 0 bridgehead atoms. The molecular weight excluding hydrogens is 396 g/mol. The number of carbonyl (C=O) groups is 1. The van der Waals surface area contributed by atoms with Crippen molar-refractivity contribution in [3.63, 3.8) is 0 Å². The zero-order valence-electron chi connectivity index (χ0n) is 17.0. The van der Waals surface area contributed by atoms with Gasteiger partial charge in [0.2, 0.25) is 5.89 Å². The van der Waals surface area contributed by atoms with Crippen molar-refractivity contribution in [2.75, 3.05) is 18.8 Å². The Kier molecular flexibility index (Phi) is 4.58. The topological polar surface area (TPSA) is 123 Å². The second-order valence-corrected chi connectivity index (χ2v) is 7.75. The quantitative estimate of drug-likeness (QED) is 0.516. The van der Waals surface area contributed by atoms with Gasteiger partial charge >= 0.3 is 6.09 Å². The van der Waals surface area contributed by atoms with Crippen molar-refractivity contribution in [2.45, 2.75) is 25.8 Å². The van der Waals surface area contributed by atoms with Gasteiger partial charge < -0.3 is 20.2 Å². The van der Waals surface area contributed by atoms with Gasteiger partial charge in [0.25, 0.3) is 0 Å². The van der Waals surface area contributed by atoms with Crippen LogP contribution in [0, 0.1) is 6.92 Å². The third-order valence-electron chi connectivity index (χ3n) is 5.78. The van der Waals surface area contributed by atoms with E-state index in [9.17, 15) is 4.79 Å². The molecular formula is C22H22N6O3. The Balaban J connectivity index is 1.46. The predicted octanol–water partition coefficient (Wildman–Crippen LogP) is 3.96. The number of aromatic nitrogens is 4. The number of amides is 1. The van der Waals surface area contributed by atoms with Crippen LogP contribution in [0.15, 0.2) is 47.1 Å². The number of likely N-dealkylation sites (tertiary alicyclic amines) is 1. The molecule has 0 radical (unpaired) electrons. The van der Waals surface area contributed by atoms with E-state index < -0.39 is 6.09 Å². The standard InChI is InChI=1S/C22H22N6O3/c1-13-17(12-28(26-13)15-6-8-27(9-7-15)22(29)30)14-10-16(20(23)24-11-14)21-25-18-4-2-3-5-19(18)31-21/h2-5,10-12,15H,6-9H2,1H3,(H2,23,24)(H,29,30). The van der Waals surface area contributed by atoms with E-state index >= 15 is 0 Å². The fourth-order valence-corrected chi connectivity index (χ4v) is 4.06. The molecule has 0 saturated carbocycles. The molecule has 1 saturated heterocycles. The molecule has 5 rings (SSSR count). The molecule has 31 heavy (non-hydrogen) atoms. The van der Waals surface area contributed by atoms with E-state index in [0.29, 0.717) is 35.9 Å². The van der Waals surface area contributed by atoms with Crippen LogP contribution in [0.2, 0.25) is 0 Å². The van der Waals surface area contributed by atoms with Gasteiger partial charge in [-0.1, -0.05) is 12.1 Å². The summed E-state index contributed by atoms with van der Waals surface area (Å²) in [6.45, 7) is 2.98. The predicted molar refractivity (Wildman–Crippen MR) is 115 cm³/mol. The van der Waals surface area contributed by atoms with Crippen LogP contribution in [0.1, 0.15) is 24.6 Å². The summed E-state index contributed by atoms with van der Waals surface area (Å²) in [5.74, 6) is 0.778. The van der Waals surface area contributed by atoms with Gasteiger partial charge in [-0.15, -0.1) is 0 Å². The van der Waals surface area contributed by atoms with Gasteiger partial charge in [0.15, 0.2) is 5.58 Å². The van der Waals surface area contributed by atoms with Crippen LogP contribution in [-0.2, 0) is 0 Å². The number of oxazole rings is 1. The number of benzene rings is 1. The van der Waals surface area contributed by atoms with Crippen LogP contribution in [0.25, 0.3) is 33.7 Å². The normalized spacial score (nSPS) is 14.9. The number of fused-ring (bicyclic) bond motifs is 1. The molecule has 1 aliphatic heterocycles. The number of pyridine rings is 1. The number of hydrogen-bond acceptors (Lipinski definition) is 6. The zero-order valence-corrected chi connectivity index (χ0v) is 17.0. The van der Waals surface area contributed by atoms with Gasteiger partial charge in [-0.25, -0.2) is 14.8 Å². The average Bonchev–Trinajstić information content (AvgIpc) is 3.38. The van der Waals surface area contributed by atoms with Crippen LogP contribution in [-0.4, -0.2) is 48.9 Å². The molecule has 1 fully saturated rings. The number of para-hydroxylation sites is 2. The molecule has 4 aromatic rings. The minimum atomic E-state index is -0.865. The zero-order chi connectivity index (χ0) is 21.5. The number of nitrogens with zero attached hydrogens (tertiary/aromatic N) is 5. The number of hydrogen-bond donors (Lipinski definition) is 2. The van der Waals surface area contributed by atoms with Crippen molar-refractivity contribution < 1.29 is 14.3 Å². The van der Waals surface area contributed by atoms with Crippen molar-refractivity contribution in [3.05, 3.63) is 48.4 Å². The lowest BCUT2D eigenvalue weighted by Crippen LogP contribution is -2.38. The van der Waals surface area contributed by atoms with Crippen molar-refractivity contribution in [2.24, 2.45) is 0 Å². The molecule has 158 valence electrons. The maximum absolute atomic E-state index is 11.1. The fourth-order valence-electron chi connectivity index (χ4n) is 4.06. The number of aryl methyl sites for hydroxylation is 1. The summed E-state index contributed by atoms with van der Waals surface area (Å²) in [7, 11) is 0. The van der Waals surface area contributed by atoms with Crippen LogP contribution in [0.3, 0.4) is 0 Å². The van der Waals surface area contributed by atoms with Gasteiger partial charge in [0.05, 0.1) is 17.3 Å². The Morgan fingerprint density at radius 2 is 2.00 bits per heavy atom. The highest BCUT2D eigenvalue weighted by Gasteiger charge is 2.25. The first-order chi connectivity index (χ1) is 15.0. The molecule has 1 amide bonds. The summed E-state index contributed by atoms with van der Waals surface area (Å²) < 4.78 is 7.83. The van der Waals surface area contributed by atoms with Gasteiger partial charge in [-0.2, -0.15) is 5.10 Å². The van der Waals surface area contributed by atoms with E-state index in [2.05, 4.69) is 9.97 Å². The highest BCUT2D eigenvalue weighted by atomic mass is 16.4. The molecule has 9 nitrogen and oxygen atoms in total. The highest BCUT2D eigenvalue weighted by Crippen LogP contribution is 2.33. The van der Waals surface area contributed by atoms with Crippen molar-refractivity contribution in [1.82, 2.24) is 24.6 Å². The van der Waals surface area contributed by atoms with Crippen molar-refractivity contribution in [3.8, 4) is 22.6 Å². The SMILES string of the molecule is Cc1nn(C2CCN(C(=O)O)CC2)cc1-c1cnc(N)c(-c2nc3ccccc3o2)c1. The van der Waals surface area contributed by atoms with Gasteiger partial charge in [-0.05, 0) is 38.0 Å². The molecule has 4 heterocycles. The molecule has 0 aliphatic carbocycles. The maximum atomic E-state index is 11.1. The third-order valence-corrected chi connectivity index (χ3v) is 5.78. The minimum absolute atomic E-state index is 0.168. The number of anilines is 1. The molecule has 3 aromatic heterocycles. The second kappa shape index (κ2) is 7.42. The first-order valence-electron chi connectivity index (χ1n) is 10.1. The second-order valence-electron chi connectivity index (χ2n) is 7.75. The molecule has 0 atom stereocenters. The van der Waals surface area contributed by atoms with Gasteiger partial charge in [-0.3, -0.25) is 4.68 Å². The Morgan fingerprint density at radius 1 is 1.23 bits per heavy atom. The van der Waals surface area contributed by atoms with E-state index in [4.69, 9.17) is 20.4 Å². The summed E-state index contributed by atoms with van der Waals surface area (Å²) in [5.41, 5.74) is 10.9. The minimum Gasteiger partial charge on any atom is -0.465 e. The summed E-state index contributed by atoms with van der Waals surface area (Å²) in [6, 6.07) is 9.65. The largest absolute Gasteiger partial charge is 0.465 e. The van der Waals surface area contributed by atoms with Gasteiger partial charge in [0, 0.05) is 36.6 Å². The first-order valence-corrected chi connectivity index (χ1v) is 10.1. The summed E-state index contributed by atoms with van der Waals surface area (Å²) in [6.07, 6.45) is 4.33. The average molecular weight is 418 g/mol. The van der Waals surface area contributed by atoms with Crippen LogP contribution >= 0.6 is 0 Å². The first kappa shape index (κ1) is 19.1. The lowest BCUT2D eigenvalue weighted by atomic mass is 10.0. The Morgan fingerprint density at radius 3 is 2.74 bits per heavy atom. The number of carboxylic acid groups (broad SMARTS) is 1. The fraction of sp³-hybridized carbons (Fsp3) is 0.273. The molecule has 1 aliphatic rings. The van der Waals surface area contributed by atoms with Crippen molar-refractivity contribution in [1.29, 1.82) is 0 Å². The van der Waals surface area contributed by atoms with E-state index in [-0.39, 0.29) is 6.04 Å². The van der Waals surface area contributed by atoms with E-state index in [1.54, 1.807) is 6.20 Å². The lowest BCUT2D eigenvalue weighted by molar-refractivity contribution is 0.124. The Hall–Kier alpha value is -3.88. The van der Waals surface area contributed by atoms with E-state index in [1.165, 1.54) is 4.90 Å². The van der Waals surface area contributed by atoms with Gasteiger partial charge in [0.1, 0.15) is 11.3 Å². The van der Waals surface area contributed by atoms with Crippen molar-refractivity contribution >= 4 is 23.0 Å². The maximum Gasteiger partial charge on any atom is 0.407 e. The highest BCUT2D eigenvalue weighted by molar-refractivity contribution is 5.81. The van der Waals surface area contributed by atoms with E-state index in [1.807, 2.05) is 48.1 Å². The third kappa shape index (κ3) is 3.48. The molecule has 0 spiro atoms. The molecule has 3 N–H and O–H groups in total. The number of nitrogen functional groups attached to an aromatic ring is 1. The molecule has 1 aromatic carbocycles. The number of rotatable bonds is 3. The lowest BCUT2D eigenvalue weighted by Gasteiger charge is -2.30. The Bertz CT molecular complexity index is 1240. The Labute approximate surface area is 178 Å². The summed E-state index contributed by atoms with van der Waals surface area (Å²) >= 11 is 0. The number of piperidine rings is 1. The molecule has 0 unspecified atom stereocenters. The monoisotopic (exact) mass is 418 g/mol. The van der Waals surface area contributed by atoms with E-state index in [0.717, 1.165) is 35.2 Å². The summed E-state index contributed by atoms with van der Waals surface area (Å²) in [5, 5.41) is 13.8.